The Morgan fingerprint density at radius 2 is 1.54 bits per heavy atom. The number of rotatable bonds is 8. The fraction of sp³-hybridized carbons (Fsp3) is 0.148. The Kier molecular flexibility index (Phi) is 7.58. The molecule has 1 aliphatic heterocycles. The minimum Gasteiger partial charge on any atom is -0.434 e. The van der Waals surface area contributed by atoms with Gasteiger partial charge >= 0.3 is 6.16 Å². The Morgan fingerprint density at radius 1 is 0.865 bits per heavy atom. The molecule has 0 unspecified atom stereocenters. The van der Waals surface area contributed by atoms with Crippen LogP contribution in [-0.4, -0.2) is 47.8 Å². The molecule has 0 saturated heterocycles. The van der Waals surface area contributed by atoms with Gasteiger partial charge in [-0.15, -0.1) is 0 Å². The molecular formula is C27H23N3O7. The summed E-state index contributed by atoms with van der Waals surface area (Å²) < 4.78 is 9.67. The van der Waals surface area contributed by atoms with Gasteiger partial charge in [-0.25, -0.2) is 4.79 Å². The van der Waals surface area contributed by atoms with Gasteiger partial charge in [-0.3, -0.25) is 24.1 Å². The van der Waals surface area contributed by atoms with E-state index in [4.69, 9.17) is 9.47 Å². The predicted octanol–water partition coefficient (Wildman–Crippen LogP) is 3.39. The van der Waals surface area contributed by atoms with Crippen molar-refractivity contribution in [1.82, 2.24) is 10.2 Å². The zero-order chi connectivity index (χ0) is 26.4. The van der Waals surface area contributed by atoms with E-state index in [9.17, 15) is 24.0 Å². The van der Waals surface area contributed by atoms with Crippen LogP contribution in [0.3, 0.4) is 0 Å². The van der Waals surface area contributed by atoms with Gasteiger partial charge in [-0.1, -0.05) is 24.3 Å². The summed E-state index contributed by atoms with van der Waals surface area (Å²) in [4.78, 5) is 62.2. The highest BCUT2D eigenvalue weighted by molar-refractivity contribution is 6.22. The standard InChI is InChI=1S/C27H23N3O7/c1-2-36-27(35)37-20-12-10-18(11-13-20)24(32)28-15-17-6-5-7-19(14-17)29-23(31)16-30-25(33)21-8-3-4-9-22(21)26(30)34/h3-14H,2,15-16H2,1H3,(H,28,32)(H,29,31). The summed E-state index contributed by atoms with van der Waals surface area (Å²) in [5.41, 5.74) is 2.09. The number of anilines is 1. The van der Waals surface area contributed by atoms with Crippen LogP contribution >= 0.6 is 0 Å². The molecule has 37 heavy (non-hydrogen) atoms. The van der Waals surface area contributed by atoms with Crippen molar-refractivity contribution < 1.29 is 33.4 Å². The molecule has 188 valence electrons. The van der Waals surface area contributed by atoms with E-state index in [1.54, 1.807) is 55.5 Å². The number of hydrogen-bond donors (Lipinski definition) is 2. The smallest absolute Gasteiger partial charge is 0.434 e. The van der Waals surface area contributed by atoms with Gasteiger partial charge in [0.1, 0.15) is 12.3 Å². The molecule has 1 heterocycles. The molecule has 0 saturated carbocycles. The maximum Gasteiger partial charge on any atom is 0.513 e. The largest absolute Gasteiger partial charge is 0.513 e. The summed E-state index contributed by atoms with van der Waals surface area (Å²) in [5.74, 6) is -1.64. The minimum atomic E-state index is -0.824. The second-order valence-electron chi connectivity index (χ2n) is 7.98. The third kappa shape index (κ3) is 5.99. The van der Waals surface area contributed by atoms with Crippen molar-refractivity contribution in [3.05, 3.63) is 95.1 Å². The van der Waals surface area contributed by atoms with Crippen LogP contribution in [0.25, 0.3) is 0 Å². The summed E-state index contributed by atoms with van der Waals surface area (Å²) >= 11 is 0. The molecule has 2 N–H and O–H groups in total. The fourth-order valence-corrected chi connectivity index (χ4v) is 3.69. The van der Waals surface area contributed by atoms with E-state index < -0.39 is 30.4 Å². The Labute approximate surface area is 212 Å². The normalized spacial score (nSPS) is 12.1. The fourth-order valence-electron chi connectivity index (χ4n) is 3.69. The lowest BCUT2D eigenvalue weighted by Crippen LogP contribution is -2.37. The van der Waals surface area contributed by atoms with Crippen LogP contribution in [0, 0.1) is 0 Å². The molecule has 3 aromatic rings. The molecule has 10 nitrogen and oxygen atoms in total. The molecule has 0 bridgehead atoms. The number of nitrogens with zero attached hydrogens (tertiary/aromatic N) is 1. The van der Waals surface area contributed by atoms with Gasteiger partial charge < -0.3 is 20.1 Å². The molecule has 4 amide bonds. The average molecular weight is 501 g/mol. The van der Waals surface area contributed by atoms with Crippen LogP contribution in [0.1, 0.15) is 43.6 Å². The molecule has 0 aliphatic carbocycles. The van der Waals surface area contributed by atoms with Gasteiger partial charge in [0.2, 0.25) is 5.91 Å². The molecule has 1 aliphatic rings. The number of nitrogens with one attached hydrogen (secondary N) is 2. The number of ether oxygens (including phenoxy) is 2. The summed E-state index contributed by atoms with van der Waals surface area (Å²) in [6.07, 6.45) is -0.824. The zero-order valence-electron chi connectivity index (χ0n) is 19.9. The van der Waals surface area contributed by atoms with Crippen LogP contribution in [0.4, 0.5) is 10.5 Å². The molecule has 0 radical (unpaired) electrons. The van der Waals surface area contributed by atoms with E-state index in [2.05, 4.69) is 10.6 Å². The molecule has 3 aromatic carbocycles. The maximum absolute atomic E-state index is 12.5. The first-order chi connectivity index (χ1) is 17.9. The Bertz CT molecular complexity index is 1330. The van der Waals surface area contributed by atoms with E-state index in [-0.39, 0.29) is 35.9 Å². The van der Waals surface area contributed by atoms with Gasteiger partial charge in [0, 0.05) is 17.8 Å². The highest BCUT2D eigenvalue weighted by Gasteiger charge is 2.36. The molecular weight excluding hydrogens is 478 g/mol. The monoisotopic (exact) mass is 501 g/mol. The van der Waals surface area contributed by atoms with Crippen LogP contribution in [0.5, 0.6) is 5.75 Å². The molecule has 0 fully saturated rings. The maximum atomic E-state index is 12.5. The van der Waals surface area contributed by atoms with Crippen molar-refractivity contribution >= 4 is 35.5 Å². The Hall–Kier alpha value is -4.99. The van der Waals surface area contributed by atoms with Crippen molar-refractivity contribution in [3.63, 3.8) is 0 Å². The van der Waals surface area contributed by atoms with Gasteiger partial charge in [-0.2, -0.15) is 0 Å². The van der Waals surface area contributed by atoms with Gasteiger partial charge in [0.25, 0.3) is 17.7 Å². The first-order valence-electron chi connectivity index (χ1n) is 11.4. The number of benzene rings is 3. The third-order valence-corrected chi connectivity index (χ3v) is 5.42. The summed E-state index contributed by atoms with van der Waals surface area (Å²) in [5, 5.41) is 5.45. The Balaban J connectivity index is 1.30. The van der Waals surface area contributed by atoms with E-state index in [1.807, 2.05) is 0 Å². The number of amides is 4. The number of carbonyl (C=O) groups excluding carboxylic acids is 5. The van der Waals surface area contributed by atoms with Gasteiger partial charge in [-0.05, 0) is 61.0 Å². The van der Waals surface area contributed by atoms with E-state index in [0.717, 1.165) is 4.90 Å². The van der Waals surface area contributed by atoms with E-state index in [0.29, 0.717) is 16.8 Å². The first kappa shape index (κ1) is 25.1. The molecule has 10 heteroatoms. The first-order valence-corrected chi connectivity index (χ1v) is 11.4. The average Bonchev–Trinajstić information content (AvgIpc) is 3.13. The van der Waals surface area contributed by atoms with Crippen molar-refractivity contribution in [1.29, 1.82) is 0 Å². The van der Waals surface area contributed by atoms with Crippen molar-refractivity contribution in [2.45, 2.75) is 13.5 Å². The second kappa shape index (κ2) is 11.2. The molecule has 4 rings (SSSR count). The molecule has 0 spiro atoms. The summed E-state index contributed by atoms with van der Waals surface area (Å²) in [7, 11) is 0. The van der Waals surface area contributed by atoms with Crippen LogP contribution in [-0.2, 0) is 16.1 Å². The second-order valence-corrected chi connectivity index (χ2v) is 7.98. The minimum absolute atomic E-state index is 0.183. The molecule has 0 aromatic heterocycles. The van der Waals surface area contributed by atoms with E-state index >= 15 is 0 Å². The summed E-state index contributed by atoms with van der Waals surface area (Å²) in [6, 6.07) is 19.2. The number of fused-ring (bicyclic) bond motifs is 1. The van der Waals surface area contributed by atoms with E-state index in [1.165, 1.54) is 24.3 Å². The summed E-state index contributed by atoms with van der Waals surface area (Å²) in [6.45, 7) is 1.62. The molecule has 0 atom stereocenters. The lowest BCUT2D eigenvalue weighted by Gasteiger charge is -2.14. The van der Waals surface area contributed by atoms with Crippen LogP contribution < -0.4 is 15.4 Å². The highest BCUT2D eigenvalue weighted by Crippen LogP contribution is 2.22. The van der Waals surface area contributed by atoms with Crippen molar-refractivity contribution in [3.8, 4) is 5.75 Å². The Morgan fingerprint density at radius 3 is 2.19 bits per heavy atom. The number of hydrogen-bond acceptors (Lipinski definition) is 7. The lowest BCUT2D eigenvalue weighted by atomic mass is 10.1. The zero-order valence-corrected chi connectivity index (χ0v) is 19.9. The third-order valence-electron chi connectivity index (χ3n) is 5.42. The van der Waals surface area contributed by atoms with Crippen molar-refractivity contribution in [2.75, 3.05) is 18.5 Å². The topological polar surface area (TPSA) is 131 Å². The number of imide groups is 1. The van der Waals surface area contributed by atoms with Crippen LogP contribution in [0.2, 0.25) is 0 Å². The van der Waals surface area contributed by atoms with Gasteiger partial charge in [0.15, 0.2) is 0 Å². The van der Waals surface area contributed by atoms with Crippen LogP contribution in [0.15, 0.2) is 72.8 Å². The highest BCUT2D eigenvalue weighted by atomic mass is 16.7. The number of carbonyl (C=O) groups is 5. The lowest BCUT2D eigenvalue weighted by molar-refractivity contribution is -0.116. The quantitative estimate of drug-likeness (QED) is 0.275. The predicted molar refractivity (Wildman–Crippen MR) is 132 cm³/mol. The SMILES string of the molecule is CCOC(=O)Oc1ccc(C(=O)NCc2cccc(NC(=O)CN3C(=O)c4ccccc4C3=O)c2)cc1. The van der Waals surface area contributed by atoms with Gasteiger partial charge in [0.05, 0.1) is 17.7 Å². The van der Waals surface area contributed by atoms with Crippen molar-refractivity contribution in [2.24, 2.45) is 0 Å².